The van der Waals surface area contributed by atoms with Crippen molar-refractivity contribution in [3.8, 4) is 0 Å². The van der Waals surface area contributed by atoms with E-state index in [1.807, 2.05) is 14.1 Å². The van der Waals surface area contributed by atoms with Crippen LogP contribution in [0.5, 0.6) is 0 Å². The second-order valence-electron chi connectivity index (χ2n) is 8.05. The van der Waals surface area contributed by atoms with Gasteiger partial charge in [0.1, 0.15) is 0 Å². The maximum atomic E-state index is 12.0. The minimum absolute atomic E-state index is 0.284. The first kappa shape index (κ1) is 26.1. The van der Waals surface area contributed by atoms with Gasteiger partial charge in [-0.25, -0.2) is 4.79 Å². The number of ether oxygens (including phenoxy) is 1. The lowest BCUT2D eigenvalue weighted by Gasteiger charge is -2.37. The van der Waals surface area contributed by atoms with Gasteiger partial charge in [0.15, 0.2) is 0 Å². The number of unbranched alkanes of at least 4 members (excludes halogenated alkanes) is 7. The van der Waals surface area contributed by atoms with Crippen LogP contribution in [0.3, 0.4) is 0 Å². The van der Waals surface area contributed by atoms with E-state index in [1.54, 1.807) is 6.92 Å². The van der Waals surface area contributed by atoms with Crippen molar-refractivity contribution in [1.29, 1.82) is 0 Å². The minimum Gasteiger partial charge on any atom is -0.409 e. The molecule has 7 heteroatoms. The monoisotopic (exact) mass is 406 g/mol. The second kappa shape index (κ2) is 13.3. The lowest BCUT2D eigenvalue weighted by molar-refractivity contribution is -0.935. The third kappa shape index (κ3) is 13.8. The average Bonchev–Trinajstić information content (AvgIpc) is 2.54. The van der Waals surface area contributed by atoms with Crippen LogP contribution in [0.25, 0.3) is 0 Å². The van der Waals surface area contributed by atoms with Gasteiger partial charge >= 0.3 is 5.97 Å². The summed E-state index contributed by atoms with van der Waals surface area (Å²) in [7, 11) is -0.131. The van der Waals surface area contributed by atoms with Crippen LogP contribution in [0.2, 0.25) is 0 Å². The van der Waals surface area contributed by atoms with Gasteiger partial charge in [-0.3, -0.25) is 9.04 Å². The molecular weight excluding hydrogens is 366 g/mol. The van der Waals surface area contributed by atoms with E-state index in [0.29, 0.717) is 23.0 Å². The molecule has 0 amide bonds. The Morgan fingerprint density at radius 3 is 2.04 bits per heavy atom. The fraction of sp³-hybridized carbons (Fsp3) is 0.850. The summed E-state index contributed by atoms with van der Waals surface area (Å²) >= 11 is 0. The molecule has 0 aliphatic carbocycles. The van der Waals surface area contributed by atoms with Crippen molar-refractivity contribution >= 4 is 16.1 Å². The van der Waals surface area contributed by atoms with Crippen molar-refractivity contribution in [2.45, 2.75) is 84.3 Å². The lowest BCUT2D eigenvalue weighted by Crippen LogP contribution is -2.52. The van der Waals surface area contributed by atoms with E-state index in [0.717, 1.165) is 19.3 Å². The zero-order valence-corrected chi connectivity index (χ0v) is 18.5. The van der Waals surface area contributed by atoms with Gasteiger partial charge in [0.05, 0.1) is 26.4 Å². The summed E-state index contributed by atoms with van der Waals surface area (Å²) in [6.45, 7) is 7.96. The molecule has 0 saturated heterocycles. The Kier molecular flexibility index (Phi) is 12.8. The topological polar surface area (TPSA) is 80.7 Å². The molecule has 0 aliphatic heterocycles. The van der Waals surface area contributed by atoms with Gasteiger partial charge in [-0.1, -0.05) is 58.4 Å². The quantitative estimate of drug-likeness (QED) is 0.103. The van der Waals surface area contributed by atoms with Gasteiger partial charge in [0.2, 0.25) is 6.23 Å². The Hall–Kier alpha value is -0.920. The normalized spacial score (nSPS) is 13.4. The predicted octanol–water partition coefficient (Wildman–Crippen LogP) is 4.32. The first-order valence-electron chi connectivity index (χ1n) is 10.1. The summed E-state index contributed by atoms with van der Waals surface area (Å²) in [5.41, 5.74) is 0.355. The molecule has 0 rings (SSSR count). The first-order chi connectivity index (χ1) is 12.5. The van der Waals surface area contributed by atoms with Crippen molar-refractivity contribution in [3.63, 3.8) is 0 Å². The van der Waals surface area contributed by atoms with Crippen molar-refractivity contribution in [3.05, 3.63) is 12.2 Å². The number of hydrogen-bond donors (Lipinski definition) is 1. The zero-order chi connectivity index (χ0) is 20.9. The Morgan fingerprint density at radius 2 is 1.56 bits per heavy atom. The van der Waals surface area contributed by atoms with Crippen molar-refractivity contribution in [2.24, 2.45) is 0 Å². The van der Waals surface area contributed by atoms with E-state index in [9.17, 15) is 13.2 Å². The van der Waals surface area contributed by atoms with E-state index in [2.05, 4.69) is 13.5 Å². The summed E-state index contributed by atoms with van der Waals surface area (Å²) in [6, 6.07) is 0. The average molecular weight is 407 g/mol. The highest BCUT2D eigenvalue weighted by Gasteiger charge is 2.31. The van der Waals surface area contributed by atoms with Gasteiger partial charge in [0, 0.05) is 18.4 Å². The van der Waals surface area contributed by atoms with Crippen molar-refractivity contribution in [1.82, 2.24) is 0 Å². The van der Waals surface area contributed by atoms with Crippen LogP contribution >= 0.6 is 0 Å². The molecule has 1 N–H and O–H groups in total. The third-order valence-corrected chi connectivity index (χ3v) is 5.62. The van der Waals surface area contributed by atoms with Crippen LogP contribution in [0.4, 0.5) is 0 Å². The highest BCUT2D eigenvalue weighted by molar-refractivity contribution is 7.85. The van der Waals surface area contributed by atoms with Gasteiger partial charge < -0.3 is 4.74 Å². The molecule has 0 aromatic rings. The fourth-order valence-corrected chi connectivity index (χ4v) is 3.52. The molecule has 0 radical (unpaired) electrons. The Labute approximate surface area is 166 Å². The van der Waals surface area contributed by atoms with Gasteiger partial charge in [-0.15, -0.1) is 0 Å². The fourth-order valence-electron chi connectivity index (χ4n) is 3.03. The van der Waals surface area contributed by atoms with Crippen LogP contribution < -0.4 is 0 Å². The van der Waals surface area contributed by atoms with Gasteiger partial charge in [-0.2, -0.15) is 8.42 Å². The Bertz CT molecular complexity index is 543. The summed E-state index contributed by atoms with van der Waals surface area (Å²) in [5, 5.41) is 0. The Morgan fingerprint density at radius 1 is 1.04 bits per heavy atom. The molecule has 160 valence electrons. The van der Waals surface area contributed by atoms with E-state index in [4.69, 9.17) is 9.29 Å². The Balaban J connectivity index is 4.54. The molecule has 6 nitrogen and oxygen atoms in total. The predicted molar refractivity (Wildman–Crippen MR) is 110 cm³/mol. The van der Waals surface area contributed by atoms with Crippen LogP contribution in [0.15, 0.2) is 12.2 Å². The number of carbonyl (C=O) groups is 1. The van der Waals surface area contributed by atoms with E-state index < -0.39 is 16.1 Å². The van der Waals surface area contributed by atoms with Crippen molar-refractivity contribution < 1.29 is 27.0 Å². The van der Waals surface area contributed by atoms with Crippen LogP contribution in [0, 0.1) is 0 Å². The summed E-state index contributed by atoms with van der Waals surface area (Å²) in [5.74, 6) is -0.700. The highest BCUT2D eigenvalue weighted by atomic mass is 32.2. The van der Waals surface area contributed by atoms with E-state index in [1.165, 1.54) is 38.5 Å². The van der Waals surface area contributed by atoms with Crippen LogP contribution in [-0.2, 0) is 19.6 Å². The number of rotatable bonds is 16. The number of esters is 1. The number of carbonyl (C=O) groups excluding carboxylic acids is 1. The van der Waals surface area contributed by atoms with Gasteiger partial charge in [-0.05, 0) is 13.3 Å². The molecule has 0 heterocycles. The lowest BCUT2D eigenvalue weighted by atomic mass is 10.1. The number of nitrogens with zero attached hydrogens (tertiary/aromatic N) is 1. The maximum Gasteiger partial charge on any atom is 0.337 e. The highest BCUT2D eigenvalue weighted by Crippen LogP contribution is 2.19. The molecular formula is C20H40NO5S+. The standard InChI is InChI=1S/C20H39NO5S/c1-6-7-8-9-10-11-12-13-15-19(26-20(22)18(2)3)21(4,5)16-14-17-27(23,24)25/h19H,2,6-17H2,1,3-5H3/p+1. The molecule has 0 saturated carbocycles. The van der Waals surface area contributed by atoms with Crippen LogP contribution in [0.1, 0.15) is 78.1 Å². The van der Waals surface area contributed by atoms with Crippen LogP contribution in [-0.4, -0.2) is 56.0 Å². The minimum atomic E-state index is -3.97. The molecule has 0 aliphatic rings. The third-order valence-electron chi connectivity index (χ3n) is 4.81. The second-order valence-corrected chi connectivity index (χ2v) is 9.62. The molecule has 0 fully saturated rings. The molecule has 27 heavy (non-hydrogen) atoms. The number of hydrogen-bond acceptors (Lipinski definition) is 4. The van der Waals surface area contributed by atoms with E-state index in [-0.39, 0.29) is 12.0 Å². The molecule has 0 aromatic heterocycles. The molecule has 0 spiro atoms. The largest absolute Gasteiger partial charge is 0.409 e. The van der Waals surface area contributed by atoms with E-state index >= 15 is 0 Å². The first-order valence-corrected chi connectivity index (χ1v) is 11.7. The summed E-state index contributed by atoms with van der Waals surface area (Å²) < 4.78 is 36.8. The van der Waals surface area contributed by atoms with Crippen molar-refractivity contribution in [2.75, 3.05) is 26.4 Å². The maximum absolute atomic E-state index is 12.0. The molecule has 0 aromatic carbocycles. The SMILES string of the molecule is C=C(C)C(=O)OC(CCCCCCCCCC)[N+](C)(C)CCCS(=O)(=O)O. The smallest absolute Gasteiger partial charge is 0.337 e. The summed E-state index contributed by atoms with van der Waals surface area (Å²) in [6.07, 6.45) is 10.3. The molecule has 1 unspecified atom stereocenters. The molecule has 1 atom stereocenters. The molecule has 0 bridgehead atoms. The van der Waals surface area contributed by atoms with Gasteiger partial charge in [0.25, 0.3) is 10.1 Å². The summed E-state index contributed by atoms with van der Waals surface area (Å²) in [4.78, 5) is 12.0. The zero-order valence-electron chi connectivity index (χ0n) is 17.7. The number of quaternary nitrogens is 1.